The maximum absolute atomic E-state index is 12.8. The van der Waals surface area contributed by atoms with Gasteiger partial charge in [-0.2, -0.15) is 0 Å². The lowest BCUT2D eigenvalue weighted by atomic mass is 9.71. The molecule has 0 heterocycles. The van der Waals surface area contributed by atoms with Crippen molar-refractivity contribution in [2.45, 2.75) is 46.1 Å². The Morgan fingerprint density at radius 2 is 1.88 bits per heavy atom. The highest BCUT2D eigenvalue weighted by atomic mass is 32.2. The van der Waals surface area contributed by atoms with E-state index in [0.717, 1.165) is 19.3 Å². The number of carbonyl (C=O) groups excluding carboxylic acids is 1. The lowest BCUT2D eigenvalue weighted by Crippen LogP contribution is -2.45. The second kappa shape index (κ2) is 7.83. The van der Waals surface area contributed by atoms with Crippen LogP contribution in [0, 0.1) is 17.2 Å². The molecule has 1 aliphatic carbocycles. The average molecular weight is 370 g/mol. The van der Waals surface area contributed by atoms with Crippen LogP contribution in [-0.2, 0) is 10.0 Å². The van der Waals surface area contributed by atoms with E-state index in [-0.39, 0.29) is 23.8 Å². The van der Waals surface area contributed by atoms with Crippen molar-refractivity contribution in [3.05, 3.63) is 35.6 Å². The molecule has 1 amide bonds. The molecule has 1 aromatic rings. The largest absolute Gasteiger partial charge is 0.351 e. The fourth-order valence-corrected chi connectivity index (χ4v) is 4.93. The molecule has 2 N–H and O–H groups in total. The zero-order valence-corrected chi connectivity index (χ0v) is 15.8. The number of benzene rings is 1. The van der Waals surface area contributed by atoms with E-state index in [0.29, 0.717) is 11.5 Å². The molecule has 7 heteroatoms. The van der Waals surface area contributed by atoms with Crippen molar-refractivity contribution in [2.75, 3.05) is 12.3 Å². The van der Waals surface area contributed by atoms with Crippen molar-refractivity contribution in [1.82, 2.24) is 10.0 Å². The van der Waals surface area contributed by atoms with Gasteiger partial charge in [-0.1, -0.05) is 20.8 Å². The SMILES string of the molecule is C[C@@H]1C[C@H](NS(=O)(=O)CCNC(=O)c2ccc(F)cc2)CC(C)(C)C1. The van der Waals surface area contributed by atoms with Gasteiger partial charge in [0.1, 0.15) is 5.82 Å². The summed E-state index contributed by atoms with van der Waals surface area (Å²) in [5.74, 6) is -0.532. The smallest absolute Gasteiger partial charge is 0.251 e. The second-order valence-corrected chi connectivity index (χ2v) is 9.68. The minimum atomic E-state index is -3.46. The number of halogens is 1. The molecule has 0 spiro atoms. The van der Waals surface area contributed by atoms with E-state index in [4.69, 9.17) is 0 Å². The summed E-state index contributed by atoms with van der Waals surface area (Å²) in [6, 6.07) is 5.06. The Morgan fingerprint density at radius 1 is 1.24 bits per heavy atom. The first-order valence-corrected chi connectivity index (χ1v) is 10.3. The first-order valence-electron chi connectivity index (χ1n) is 8.60. The van der Waals surface area contributed by atoms with E-state index in [1.165, 1.54) is 24.3 Å². The van der Waals surface area contributed by atoms with Gasteiger partial charge in [0.25, 0.3) is 5.91 Å². The monoisotopic (exact) mass is 370 g/mol. The fraction of sp³-hybridized carbons (Fsp3) is 0.611. The van der Waals surface area contributed by atoms with E-state index in [2.05, 4.69) is 30.8 Å². The third kappa shape index (κ3) is 6.40. The molecule has 1 aromatic carbocycles. The number of carbonyl (C=O) groups is 1. The van der Waals surface area contributed by atoms with Gasteiger partial charge in [0, 0.05) is 18.2 Å². The predicted molar refractivity (Wildman–Crippen MR) is 96.2 cm³/mol. The van der Waals surface area contributed by atoms with Crippen LogP contribution in [-0.4, -0.2) is 32.7 Å². The van der Waals surface area contributed by atoms with Crippen molar-refractivity contribution >= 4 is 15.9 Å². The Labute approximate surface area is 149 Å². The first-order chi connectivity index (χ1) is 11.6. The minimum absolute atomic E-state index is 0.0111. The zero-order chi connectivity index (χ0) is 18.7. The number of hydrogen-bond acceptors (Lipinski definition) is 3. The summed E-state index contributed by atoms with van der Waals surface area (Å²) in [6.07, 6.45) is 2.75. The van der Waals surface area contributed by atoms with Crippen molar-refractivity contribution < 1.29 is 17.6 Å². The van der Waals surface area contributed by atoms with E-state index >= 15 is 0 Å². The summed E-state index contributed by atoms with van der Waals surface area (Å²) in [5, 5.41) is 2.56. The molecule has 0 saturated heterocycles. The molecule has 1 fully saturated rings. The number of sulfonamides is 1. The lowest BCUT2D eigenvalue weighted by molar-refractivity contribution is 0.0956. The molecule has 0 bridgehead atoms. The van der Waals surface area contributed by atoms with Crippen molar-refractivity contribution in [1.29, 1.82) is 0 Å². The molecule has 2 atom stereocenters. The van der Waals surface area contributed by atoms with Crippen LogP contribution in [0.1, 0.15) is 50.4 Å². The summed E-state index contributed by atoms with van der Waals surface area (Å²) < 4.78 is 40.2. The van der Waals surface area contributed by atoms with Gasteiger partial charge in [0.2, 0.25) is 10.0 Å². The second-order valence-electron chi connectivity index (χ2n) is 7.81. The standard InChI is InChI=1S/C18H27FN2O3S/c1-13-10-16(12-18(2,3)11-13)21-25(23,24)9-8-20-17(22)14-4-6-15(19)7-5-14/h4-7,13,16,21H,8-12H2,1-3H3,(H,20,22)/t13-,16+/m1/s1. The molecule has 0 aliphatic heterocycles. The molecule has 140 valence electrons. The van der Waals surface area contributed by atoms with Crippen molar-refractivity contribution in [3.8, 4) is 0 Å². The van der Waals surface area contributed by atoms with Crippen LogP contribution < -0.4 is 10.0 Å². The molecule has 25 heavy (non-hydrogen) atoms. The highest BCUT2D eigenvalue weighted by molar-refractivity contribution is 7.89. The Bertz CT molecular complexity index is 702. The van der Waals surface area contributed by atoms with E-state index in [1.807, 2.05) is 0 Å². The van der Waals surface area contributed by atoms with Gasteiger partial charge >= 0.3 is 0 Å². The molecule has 0 radical (unpaired) electrons. The van der Waals surface area contributed by atoms with Crippen LogP contribution >= 0.6 is 0 Å². The van der Waals surface area contributed by atoms with Crippen LogP contribution in [0.3, 0.4) is 0 Å². The summed E-state index contributed by atoms with van der Waals surface area (Å²) >= 11 is 0. The summed E-state index contributed by atoms with van der Waals surface area (Å²) in [5.41, 5.74) is 0.427. The van der Waals surface area contributed by atoms with Crippen LogP contribution in [0.4, 0.5) is 4.39 Å². The number of nitrogens with one attached hydrogen (secondary N) is 2. The Hall–Kier alpha value is -1.47. The highest BCUT2D eigenvalue weighted by Crippen LogP contribution is 2.38. The Kier molecular flexibility index (Phi) is 6.21. The third-order valence-electron chi connectivity index (χ3n) is 4.50. The molecule has 2 rings (SSSR count). The number of amides is 1. The Morgan fingerprint density at radius 3 is 2.48 bits per heavy atom. The third-order valence-corrected chi connectivity index (χ3v) is 5.93. The van der Waals surface area contributed by atoms with E-state index in [1.54, 1.807) is 0 Å². The van der Waals surface area contributed by atoms with Gasteiger partial charge in [-0.25, -0.2) is 17.5 Å². The maximum atomic E-state index is 12.8. The molecule has 0 unspecified atom stereocenters. The Balaban J connectivity index is 1.83. The molecular weight excluding hydrogens is 343 g/mol. The van der Waals surface area contributed by atoms with Gasteiger partial charge in [-0.05, 0) is 54.9 Å². The number of rotatable bonds is 6. The average Bonchev–Trinajstić information content (AvgIpc) is 2.44. The minimum Gasteiger partial charge on any atom is -0.351 e. The topological polar surface area (TPSA) is 75.3 Å². The summed E-state index contributed by atoms with van der Waals surface area (Å²) in [4.78, 5) is 11.9. The predicted octanol–water partition coefficient (Wildman–Crippen LogP) is 2.69. The van der Waals surface area contributed by atoms with E-state index in [9.17, 15) is 17.6 Å². The number of hydrogen-bond donors (Lipinski definition) is 2. The van der Waals surface area contributed by atoms with E-state index < -0.39 is 21.7 Å². The van der Waals surface area contributed by atoms with Crippen LogP contribution in [0.15, 0.2) is 24.3 Å². The van der Waals surface area contributed by atoms with Crippen molar-refractivity contribution in [2.24, 2.45) is 11.3 Å². The van der Waals surface area contributed by atoms with Gasteiger partial charge in [-0.15, -0.1) is 0 Å². The molecular formula is C18H27FN2O3S. The van der Waals surface area contributed by atoms with Crippen LogP contribution in [0.25, 0.3) is 0 Å². The lowest BCUT2D eigenvalue weighted by Gasteiger charge is -2.39. The normalized spacial score (nSPS) is 23.2. The quantitative estimate of drug-likeness (QED) is 0.808. The molecule has 1 aliphatic rings. The molecule has 0 aromatic heterocycles. The van der Waals surface area contributed by atoms with Crippen LogP contribution in [0.5, 0.6) is 0 Å². The van der Waals surface area contributed by atoms with Crippen LogP contribution in [0.2, 0.25) is 0 Å². The van der Waals surface area contributed by atoms with Gasteiger partial charge in [0.05, 0.1) is 5.75 Å². The first kappa shape index (κ1) is 19.8. The summed E-state index contributed by atoms with van der Waals surface area (Å²) in [7, 11) is -3.46. The van der Waals surface area contributed by atoms with Gasteiger partial charge in [0.15, 0.2) is 0 Å². The maximum Gasteiger partial charge on any atom is 0.251 e. The summed E-state index contributed by atoms with van der Waals surface area (Å²) in [6.45, 7) is 6.47. The van der Waals surface area contributed by atoms with Crippen molar-refractivity contribution in [3.63, 3.8) is 0 Å². The van der Waals surface area contributed by atoms with Gasteiger partial charge < -0.3 is 5.32 Å². The fourth-order valence-electron chi connectivity index (χ4n) is 3.75. The zero-order valence-electron chi connectivity index (χ0n) is 15.0. The highest BCUT2D eigenvalue weighted by Gasteiger charge is 2.33. The molecule has 5 nitrogen and oxygen atoms in total. The molecule has 1 saturated carbocycles. The van der Waals surface area contributed by atoms with Gasteiger partial charge in [-0.3, -0.25) is 4.79 Å².